The molecule has 1 fully saturated rings. The van der Waals surface area contributed by atoms with Crippen molar-refractivity contribution in [3.63, 3.8) is 0 Å². The third kappa shape index (κ3) is 4.19. The number of halogens is 3. The van der Waals surface area contributed by atoms with E-state index < -0.39 is 0 Å². The zero-order valence-corrected chi connectivity index (χ0v) is 15.2. The standard InChI is InChI=1S/C17H16Cl3N3O/c18-13-3-1-12(2-4-13)11-22-7-9-23(10-8-22)17(24)16-14(19)5-6-15(20)21-16/h1-6H,7-11H2. The molecule has 3 rings (SSSR count). The van der Waals surface area contributed by atoms with Gasteiger partial charge in [0.05, 0.1) is 5.02 Å². The maximum atomic E-state index is 12.6. The summed E-state index contributed by atoms with van der Waals surface area (Å²) in [6.45, 7) is 3.71. The molecule has 24 heavy (non-hydrogen) atoms. The van der Waals surface area contributed by atoms with Gasteiger partial charge in [-0.05, 0) is 29.8 Å². The van der Waals surface area contributed by atoms with E-state index in [4.69, 9.17) is 34.8 Å². The van der Waals surface area contributed by atoms with Gasteiger partial charge < -0.3 is 4.90 Å². The van der Waals surface area contributed by atoms with Crippen molar-refractivity contribution in [2.24, 2.45) is 0 Å². The largest absolute Gasteiger partial charge is 0.335 e. The molecule has 0 aliphatic carbocycles. The molecular weight excluding hydrogens is 369 g/mol. The van der Waals surface area contributed by atoms with Crippen molar-refractivity contribution in [1.29, 1.82) is 0 Å². The van der Waals surface area contributed by atoms with Crippen molar-refractivity contribution in [2.75, 3.05) is 26.2 Å². The molecule has 0 bridgehead atoms. The fourth-order valence-electron chi connectivity index (χ4n) is 2.68. The Bertz CT molecular complexity index is 728. The highest BCUT2D eigenvalue weighted by Gasteiger charge is 2.24. The highest BCUT2D eigenvalue weighted by atomic mass is 35.5. The normalized spacial score (nSPS) is 15.5. The first kappa shape index (κ1) is 17.5. The smallest absolute Gasteiger partial charge is 0.274 e. The maximum absolute atomic E-state index is 12.6. The number of carbonyl (C=O) groups excluding carboxylic acids is 1. The zero-order valence-electron chi connectivity index (χ0n) is 12.9. The number of hydrogen-bond acceptors (Lipinski definition) is 3. The maximum Gasteiger partial charge on any atom is 0.274 e. The average molecular weight is 385 g/mol. The summed E-state index contributed by atoms with van der Waals surface area (Å²) < 4.78 is 0. The summed E-state index contributed by atoms with van der Waals surface area (Å²) >= 11 is 17.8. The molecule has 4 nitrogen and oxygen atoms in total. The summed E-state index contributed by atoms with van der Waals surface area (Å²) in [6, 6.07) is 11.0. The lowest BCUT2D eigenvalue weighted by Gasteiger charge is -2.34. The van der Waals surface area contributed by atoms with Crippen molar-refractivity contribution in [2.45, 2.75) is 6.54 Å². The number of carbonyl (C=O) groups is 1. The molecule has 1 aliphatic rings. The predicted molar refractivity (Wildman–Crippen MR) is 96.9 cm³/mol. The number of aromatic nitrogens is 1. The van der Waals surface area contributed by atoms with Gasteiger partial charge in [0.15, 0.2) is 0 Å². The molecule has 0 unspecified atom stereocenters. The molecular formula is C17H16Cl3N3O. The average Bonchev–Trinajstić information content (AvgIpc) is 2.59. The third-order valence-electron chi connectivity index (χ3n) is 3.99. The first-order chi connectivity index (χ1) is 11.5. The Morgan fingerprint density at radius 3 is 2.29 bits per heavy atom. The van der Waals surface area contributed by atoms with Gasteiger partial charge in [0.1, 0.15) is 10.8 Å². The molecule has 2 heterocycles. The number of rotatable bonds is 3. The molecule has 1 amide bonds. The molecule has 1 aliphatic heterocycles. The van der Waals surface area contributed by atoms with Crippen molar-refractivity contribution in [3.8, 4) is 0 Å². The first-order valence-corrected chi connectivity index (χ1v) is 8.74. The molecule has 1 saturated heterocycles. The quantitative estimate of drug-likeness (QED) is 0.751. The lowest BCUT2D eigenvalue weighted by Crippen LogP contribution is -2.48. The number of benzene rings is 1. The van der Waals surface area contributed by atoms with Gasteiger partial charge in [-0.25, -0.2) is 4.98 Å². The predicted octanol–water partition coefficient (Wildman–Crippen LogP) is 4.00. The second-order valence-electron chi connectivity index (χ2n) is 5.66. The topological polar surface area (TPSA) is 36.4 Å². The van der Waals surface area contributed by atoms with E-state index >= 15 is 0 Å². The van der Waals surface area contributed by atoms with Crippen molar-refractivity contribution >= 4 is 40.7 Å². The Kier molecular flexibility index (Phi) is 5.61. The van der Waals surface area contributed by atoms with E-state index in [-0.39, 0.29) is 16.8 Å². The van der Waals surface area contributed by atoms with Crippen LogP contribution < -0.4 is 0 Å². The van der Waals surface area contributed by atoms with Gasteiger partial charge in [0.2, 0.25) is 0 Å². The molecule has 0 N–H and O–H groups in total. The molecule has 7 heteroatoms. The number of pyridine rings is 1. The van der Waals surface area contributed by atoms with Gasteiger partial charge >= 0.3 is 0 Å². The highest BCUT2D eigenvalue weighted by molar-refractivity contribution is 6.34. The molecule has 0 saturated carbocycles. The highest BCUT2D eigenvalue weighted by Crippen LogP contribution is 2.20. The van der Waals surface area contributed by atoms with Crippen molar-refractivity contribution < 1.29 is 4.79 Å². The summed E-state index contributed by atoms with van der Waals surface area (Å²) in [4.78, 5) is 20.7. The summed E-state index contributed by atoms with van der Waals surface area (Å²) in [7, 11) is 0. The van der Waals surface area contributed by atoms with E-state index in [2.05, 4.69) is 9.88 Å². The van der Waals surface area contributed by atoms with Crippen molar-refractivity contribution in [3.05, 3.63) is 62.9 Å². The van der Waals surface area contributed by atoms with Crippen LogP contribution in [0.4, 0.5) is 0 Å². The van der Waals surface area contributed by atoms with Crippen LogP contribution in [0.5, 0.6) is 0 Å². The number of piperazine rings is 1. The fraction of sp³-hybridized carbons (Fsp3) is 0.294. The van der Waals surface area contributed by atoms with Crippen LogP contribution in [0.15, 0.2) is 36.4 Å². The first-order valence-electron chi connectivity index (χ1n) is 7.61. The molecule has 0 atom stereocenters. The number of nitrogens with zero attached hydrogens (tertiary/aromatic N) is 3. The van der Waals surface area contributed by atoms with Crippen LogP contribution in [0.25, 0.3) is 0 Å². The molecule has 0 spiro atoms. The van der Waals surface area contributed by atoms with E-state index in [9.17, 15) is 4.79 Å². The summed E-state index contributed by atoms with van der Waals surface area (Å²) in [5.74, 6) is -0.173. The van der Waals surface area contributed by atoms with E-state index in [1.54, 1.807) is 17.0 Å². The molecule has 1 aromatic carbocycles. The fourth-order valence-corrected chi connectivity index (χ4v) is 3.13. The Balaban J connectivity index is 1.59. The third-order valence-corrected chi connectivity index (χ3v) is 4.76. The van der Waals surface area contributed by atoms with Crippen molar-refractivity contribution in [1.82, 2.24) is 14.8 Å². The second kappa shape index (κ2) is 7.70. The van der Waals surface area contributed by atoms with Gasteiger partial charge in [0.25, 0.3) is 5.91 Å². The van der Waals surface area contributed by atoms with E-state index in [0.29, 0.717) is 18.1 Å². The summed E-state index contributed by atoms with van der Waals surface area (Å²) in [5, 5.41) is 1.33. The number of hydrogen-bond donors (Lipinski definition) is 0. The Morgan fingerprint density at radius 2 is 1.62 bits per heavy atom. The molecule has 126 valence electrons. The lowest BCUT2D eigenvalue weighted by atomic mass is 10.2. The SMILES string of the molecule is O=C(c1nc(Cl)ccc1Cl)N1CCN(Cc2ccc(Cl)cc2)CC1. The van der Waals surface area contributed by atoms with Crippen LogP contribution in [0, 0.1) is 0 Å². The monoisotopic (exact) mass is 383 g/mol. The summed E-state index contributed by atoms with van der Waals surface area (Å²) in [6.07, 6.45) is 0. The Labute approximate surface area is 155 Å². The molecule has 0 radical (unpaired) electrons. The van der Waals surface area contributed by atoms with Crippen LogP contribution >= 0.6 is 34.8 Å². The Hall–Kier alpha value is -1.33. The van der Waals surface area contributed by atoms with Gasteiger partial charge in [0, 0.05) is 37.7 Å². The van der Waals surface area contributed by atoms with Crippen LogP contribution in [0.3, 0.4) is 0 Å². The van der Waals surface area contributed by atoms with Crippen LogP contribution in [-0.2, 0) is 6.54 Å². The van der Waals surface area contributed by atoms with E-state index in [0.717, 1.165) is 24.7 Å². The minimum Gasteiger partial charge on any atom is -0.335 e. The second-order valence-corrected chi connectivity index (χ2v) is 6.89. The van der Waals surface area contributed by atoms with Crippen LogP contribution in [-0.4, -0.2) is 46.9 Å². The van der Waals surface area contributed by atoms with Gasteiger partial charge in [-0.2, -0.15) is 0 Å². The number of amides is 1. The minimum absolute atomic E-state index is 0.173. The van der Waals surface area contributed by atoms with Gasteiger partial charge in [-0.1, -0.05) is 46.9 Å². The minimum atomic E-state index is -0.173. The van der Waals surface area contributed by atoms with E-state index in [1.807, 2.05) is 24.3 Å². The van der Waals surface area contributed by atoms with Gasteiger partial charge in [-0.3, -0.25) is 9.69 Å². The van der Waals surface area contributed by atoms with Gasteiger partial charge in [-0.15, -0.1) is 0 Å². The Morgan fingerprint density at radius 1 is 0.958 bits per heavy atom. The van der Waals surface area contributed by atoms with Crippen LogP contribution in [0.2, 0.25) is 15.2 Å². The molecule has 1 aromatic heterocycles. The summed E-state index contributed by atoms with van der Waals surface area (Å²) in [5.41, 5.74) is 1.43. The lowest BCUT2D eigenvalue weighted by molar-refractivity contribution is 0.0623. The van der Waals surface area contributed by atoms with E-state index in [1.165, 1.54) is 5.56 Å². The van der Waals surface area contributed by atoms with Crippen LogP contribution in [0.1, 0.15) is 16.1 Å². The zero-order chi connectivity index (χ0) is 17.1. The molecule has 2 aromatic rings.